The lowest BCUT2D eigenvalue weighted by Gasteiger charge is -2.21. The van der Waals surface area contributed by atoms with Gasteiger partial charge in [0.05, 0.1) is 22.0 Å². The molecule has 0 aliphatic carbocycles. The van der Waals surface area contributed by atoms with Crippen LogP contribution in [0, 0.1) is 0 Å². The number of hydrogen-bond acceptors (Lipinski definition) is 7. The topological polar surface area (TPSA) is 103 Å². The van der Waals surface area contributed by atoms with Crippen molar-refractivity contribution in [2.45, 2.75) is 52.3 Å². The summed E-state index contributed by atoms with van der Waals surface area (Å²) in [5.41, 5.74) is 0.00248. The number of fused-ring (bicyclic) bond motifs is 1. The van der Waals surface area contributed by atoms with Crippen molar-refractivity contribution >= 4 is 61.3 Å². The van der Waals surface area contributed by atoms with Crippen LogP contribution in [0.5, 0.6) is 5.75 Å². The Balaban J connectivity index is 1.73. The van der Waals surface area contributed by atoms with Crippen molar-refractivity contribution in [2.24, 2.45) is 0 Å². The predicted molar refractivity (Wildman–Crippen MR) is 126 cm³/mol. The molecule has 32 heavy (non-hydrogen) atoms. The summed E-state index contributed by atoms with van der Waals surface area (Å²) in [6, 6.07) is 4.77. The minimum Gasteiger partial charge on any atom is -0.467 e. The highest BCUT2D eigenvalue weighted by molar-refractivity contribution is 9.10. The van der Waals surface area contributed by atoms with E-state index in [1.54, 1.807) is 12.1 Å². The predicted octanol–water partition coefficient (Wildman–Crippen LogP) is 6.05. The number of pyridine rings is 1. The maximum atomic E-state index is 12.3. The van der Waals surface area contributed by atoms with E-state index < -0.39 is 17.8 Å². The van der Waals surface area contributed by atoms with Crippen LogP contribution < -0.4 is 15.4 Å². The summed E-state index contributed by atoms with van der Waals surface area (Å²) in [7, 11) is 0. The summed E-state index contributed by atoms with van der Waals surface area (Å²) in [5.74, 6) is 0.897. The Hall–Kier alpha value is -2.30. The van der Waals surface area contributed by atoms with Gasteiger partial charge in [0.25, 0.3) is 0 Å². The molecule has 0 fully saturated rings. The molecular formula is C21H23BrClN3O5S. The largest absolute Gasteiger partial charge is 0.467 e. The fourth-order valence-corrected chi connectivity index (χ4v) is 5.00. The summed E-state index contributed by atoms with van der Waals surface area (Å²) >= 11 is 11.1. The van der Waals surface area contributed by atoms with Crippen LogP contribution >= 0.6 is 38.9 Å². The molecular weight excluding hydrogens is 522 g/mol. The SMILES string of the molecule is C[C@@H](Cc1sc2c(OC(=O)NCc3ccco3)cc(Cl)nc2c1Br)NC(=O)OC(C)(C)C. The Morgan fingerprint density at radius 3 is 2.75 bits per heavy atom. The van der Waals surface area contributed by atoms with Gasteiger partial charge in [-0.05, 0) is 55.8 Å². The molecule has 11 heteroatoms. The van der Waals surface area contributed by atoms with E-state index in [1.165, 1.54) is 23.7 Å². The molecule has 1 atom stereocenters. The third-order valence-electron chi connectivity index (χ3n) is 4.03. The lowest BCUT2D eigenvalue weighted by atomic mass is 10.2. The number of halogens is 2. The number of amides is 2. The molecule has 0 aromatic carbocycles. The van der Waals surface area contributed by atoms with Gasteiger partial charge < -0.3 is 24.5 Å². The van der Waals surface area contributed by atoms with Gasteiger partial charge in [0.2, 0.25) is 0 Å². The van der Waals surface area contributed by atoms with Crippen LogP contribution in [0.1, 0.15) is 38.3 Å². The second-order valence-electron chi connectivity index (χ2n) is 8.03. The van der Waals surface area contributed by atoms with E-state index >= 15 is 0 Å². The van der Waals surface area contributed by atoms with Gasteiger partial charge in [-0.2, -0.15) is 0 Å². The Labute approximate surface area is 202 Å². The van der Waals surface area contributed by atoms with Crippen LogP contribution in [0.4, 0.5) is 9.59 Å². The number of nitrogens with one attached hydrogen (secondary N) is 2. The van der Waals surface area contributed by atoms with Crippen molar-refractivity contribution in [3.63, 3.8) is 0 Å². The second kappa shape index (κ2) is 10.1. The molecule has 2 amide bonds. The zero-order valence-electron chi connectivity index (χ0n) is 18.0. The van der Waals surface area contributed by atoms with E-state index in [2.05, 4.69) is 31.5 Å². The quantitative estimate of drug-likeness (QED) is 0.366. The van der Waals surface area contributed by atoms with Gasteiger partial charge in [-0.1, -0.05) is 11.6 Å². The normalized spacial score (nSPS) is 12.4. The highest BCUT2D eigenvalue weighted by Crippen LogP contribution is 2.41. The monoisotopic (exact) mass is 543 g/mol. The molecule has 3 rings (SSSR count). The van der Waals surface area contributed by atoms with Gasteiger partial charge >= 0.3 is 12.2 Å². The van der Waals surface area contributed by atoms with Gasteiger partial charge in [-0.3, -0.25) is 0 Å². The molecule has 0 unspecified atom stereocenters. The van der Waals surface area contributed by atoms with Crippen LogP contribution in [-0.2, 0) is 17.7 Å². The van der Waals surface area contributed by atoms with Crippen LogP contribution in [-0.4, -0.2) is 28.8 Å². The summed E-state index contributed by atoms with van der Waals surface area (Å²) in [6.07, 6.45) is 0.914. The number of ether oxygens (including phenoxy) is 2. The molecule has 3 aromatic heterocycles. The molecule has 172 valence electrons. The Morgan fingerprint density at radius 2 is 2.09 bits per heavy atom. The van der Waals surface area contributed by atoms with Crippen LogP contribution in [0.2, 0.25) is 5.15 Å². The third-order valence-corrected chi connectivity index (χ3v) is 6.56. The summed E-state index contributed by atoms with van der Waals surface area (Å²) in [6.45, 7) is 7.49. The van der Waals surface area contributed by atoms with Crippen molar-refractivity contribution in [1.82, 2.24) is 15.6 Å². The number of carbonyl (C=O) groups excluding carboxylic acids is 2. The molecule has 3 aromatic rings. The van der Waals surface area contributed by atoms with E-state index in [1.807, 2.05) is 27.7 Å². The molecule has 3 heterocycles. The maximum Gasteiger partial charge on any atom is 0.413 e. The van der Waals surface area contributed by atoms with Crippen LogP contribution in [0.15, 0.2) is 33.4 Å². The van der Waals surface area contributed by atoms with E-state index in [0.29, 0.717) is 28.1 Å². The third kappa shape index (κ3) is 6.60. The standard InChI is InChI=1S/C21H23BrClN3O5S/c1-11(25-20(28)31-21(2,3)4)8-14-16(22)17-18(32-14)13(9-15(23)26-17)30-19(27)24-10-12-6-5-7-29-12/h5-7,9,11H,8,10H2,1-4H3,(H,24,27)(H,25,28)/t11-/m0/s1. The number of thiophene rings is 1. The molecule has 0 aliphatic rings. The maximum absolute atomic E-state index is 12.3. The highest BCUT2D eigenvalue weighted by Gasteiger charge is 2.22. The van der Waals surface area contributed by atoms with E-state index in [4.69, 9.17) is 25.5 Å². The van der Waals surface area contributed by atoms with E-state index in [9.17, 15) is 9.59 Å². The Morgan fingerprint density at radius 1 is 1.34 bits per heavy atom. The fourth-order valence-electron chi connectivity index (χ4n) is 2.78. The minimum absolute atomic E-state index is 0.191. The summed E-state index contributed by atoms with van der Waals surface area (Å²) in [5, 5.41) is 5.63. The molecule has 0 bridgehead atoms. The summed E-state index contributed by atoms with van der Waals surface area (Å²) < 4.78 is 17.4. The molecule has 0 saturated carbocycles. The first-order chi connectivity index (χ1) is 15.0. The van der Waals surface area contributed by atoms with E-state index in [-0.39, 0.29) is 17.7 Å². The van der Waals surface area contributed by atoms with Gasteiger partial charge in [0.15, 0.2) is 5.75 Å². The first kappa shape index (κ1) is 24.3. The highest BCUT2D eigenvalue weighted by atomic mass is 79.9. The molecule has 0 radical (unpaired) electrons. The van der Waals surface area contributed by atoms with Crippen molar-refractivity contribution in [1.29, 1.82) is 0 Å². The van der Waals surface area contributed by atoms with Crippen molar-refractivity contribution < 1.29 is 23.5 Å². The Kier molecular flexibility index (Phi) is 7.68. The van der Waals surface area contributed by atoms with Crippen LogP contribution in [0.25, 0.3) is 10.2 Å². The smallest absolute Gasteiger partial charge is 0.413 e. The fraction of sp³-hybridized carbons (Fsp3) is 0.381. The van der Waals surface area contributed by atoms with Crippen molar-refractivity contribution in [3.05, 3.63) is 44.7 Å². The van der Waals surface area contributed by atoms with Gasteiger partial charge in [0, 0.05) is 23.4 Å². The van der Waals surface area contributed by atoms with Crippen molar-refractivity contribution in [3.8, 4) is 5.75 Å². The molecule has 8 nitrogen and oxygen atoms in total. The van der Waals surface area contributed by atoms with Gasteiger partial charge in [-0.15, -0.1) is 11.3 Å². The average molecular weight is 545 g/mol. The number of furan rings is 1. The van der Waals surface area contributed by atoms with Gasteiger partial charge in [-0.25, -0.2) is 14.6 Å². The number of alkyl carbamates (subject to hydrolysis) is 1. The zero-order valence-corrected chi connectivity index (χ0v) is 21.1. The minimum atomic E-state index is -0.643. The Bertz CT molecular complexity index is 1110. The van der Waals surface area contributed by atoms with E-state index in [0.717, 1.165) is 9.35 Å². The first-order valence-electron chi connectivity index (χ1n) is 9.77. The first-order valence-corrected chi connectivity index (χ1v) is 11.8. The number of rotatable bonds is 6. The molecule has 2 N–H and O–H groups in total. The molecule has 0 spiro atoms. The average Bonchev–Trinajstić information content (AvgIpc) is 3.28. The second-order valence-corrected chi connectivity index (χ2v) is 10.3. The zero-order chi connectivity index (χ0) is 23.5. The number of carbonyl (C=O) groups is 2. The lowest BCUT2D eigenvalue weighted by molar-refractivity contribution is 0.0508. The van der Waals surface area contributed by atoms with Crippen molar-refractivity contribution in [2.75, 3.05) is 0 Å². The number of hydrogen-bond donors (Lipinski definition) is 2. The number of nitrogens with zero attached hydrogens (tertiary/aromatic N) is 1. The molecule has 0 aliphatic heterocycles. The molecule has 0 saturated heterocycles. The number of aromatic nitrogens is 1. The summed E-state index contributed by atoms with van der Waals surface area (Å²) in [4.78, 5) is 29.6. The lowest BCUT2D eigenvalue weighted by Crippen LogP contribution is -2.38. The van der Waals surface area contributed by atoms with Crippen LogP contribution in [0.3, 0.4) is 0 Å². The van der Waals surface area contributed by atoms with Gasteiger partial charge in [0.1, 0.15) is 22.0 Å².